The molecule has 1 heterocycles. The molecule has 0 saturated carbocycles. The lowest BCUT2D eigenvalue weighted by Gasteiger charge is -2.14. The van der Waals surface area contributed by atoms with Gasteiger partial charge in [-0.15, -0.1) is 0 Å². The topological polar surface area (TPSA) is 26.3 Å². The molecule has 1 aliphatic heterocycles. The second kappa shape index (κ2) is 6.41. The predicted octanol–water partition coefficient (Wildman–Crippen LogP) is 2.99. The monoisotopic (exact) mass is 194 g/mol. The minimum Gasteiger partial charge on any atom is -0.493 e. The maximum atomic E-state index is 11.0. The van der Waals surface area contributed by atoms with E-state index in [-0.39, 0.29) is 11.9 Å². The van der Waals surface area contributed by atoms with Crippen LogP contribution < -0.4 is 0 Å². The summed E-state index contributed by atoms with van der Waals surface area (Å²) in [5.74, 6) is 0.152. The molecular formula is C12H18O2. The van der Waals surface area contributed by atoms with Crippen molar-refractivity contribution in [1.29, 1.82) is 0 Å². The molecule has 0 spiro atoms. The van der Waals surface area contributed by atoms with Gasteiger partial charge in [-0.3, -0.25) is 4.79 Å². The minimum atomic E-state index is -0.0332. The van der Waals surface area contributed by atoms with E-state index in [2.05, 4.69) is 13.0 Å². The maximum absolute atomic E-state index is 11.0. The van der Waals surface area contributed by atoms with Gasteiger partial charge < -0.3 is 4.74 Å². The summed E-state index contributed by atoms with van der Waals surface area (Å²) < 4.78 is 5.27. The summed E-state index contributed by atoms with van der Waals surface area (Å²) >= 11 is 0. The molecule has 1 rings (SSSR count). The molecule has 1 atom stereocenters. The van der Waals surface area contributed by atoms with Crippen molar-refractivity contribution in [3.05, 3.63) is 24.5 Å². The summed E-state index contributed by atoms with van der Waals surface area (Å²) in [5, 5.41) is 0. The van der Waals surface area contributed by atoms with Crippen LogP contribution in [0.2, 0.25) is 0 Å². The molecule has 0 bridgehead atoms. The van der Waals surface area contributed by atoms with E-state index in [1.807, 2.05) is 6.08 Å². The zero-order chi connectivity index (χ0) is 10.2. The van der Waals surface area contributed by atoms with Crippen molar-refractivity contribution < 1.29 is 9.53 Å². The summed E-state index contributed by atoms with van der Waals surface area (Å²) in [5.41, 5.74) is 0. The van der Waals surface area contributed by atoms with Crippen LogP contribution in [0.3, 0.4) is 0 Å². The molecule has 2 nitrogen and oxygen atoms in total. The highest BCUT2D eigenvalue weighted by molar-refractivity contribution is 5.90. The third kappa shape index (κ3) is 4.26. The lowest BCUT2D eigenvalue weighted by molar-refractivity contribution is -0.117. The van der Waals surface area contributed by atoms with Gasteiger partial charge >= 0.3 is 0 Å². The smallest absolute Gasteiger partial charge is 0.162 e. The standard InChI is InChI=1S/C12H18O2/c1-2-3-4-5-6-7-12-10-11(13)8-9-14-12/h6-9,12H,2-5,10H2,1H3/b7-6-/t12-/m1/s1. The Bertz CT molecular complexity index is 228. The van der Waals surface area contributed by atoms with Gasteiger partial charge in [0.15, 0.2) is 5.78 Å². The molecule has 1 aliphatic rings. The molecule has 2 heteroatoms. The number of allylic oxidation sites excluding steroid dienone is 2. The van der Waals surface area contributed by atoms with Gasteiger partial charge in [0.2, 0.25) is 0 Å². The quantitative estimate of drug-likeness (QED) is 0.496. The molecule has 0 amide bonds. The van der Waals surface area contributed by atoms with Gasteiger partial charge in [0, 0.05) is 6.08 Å². The fourth-order valence-electron chi connectivity index (χ4n) is 1.40. The second-order valence-electron chi connectivity index (χ2n) is 3.57. The molecule has 0 N–H and O–H groups in total. The van der Waals surface area contributed by atoms with Gasteiger partial charge in [-0.1, -0.05) is 25.8 Å². The first-order valence-corrected chi connectivity index (χ1v) is 5.34. The Hall–Kier alpha value is -1.05. The first kappa shape index (κ1) is 11.0. The van der Waals surface area contributed by atoms with E-state index in [0.29, 0.717) is 6.42 Å². The molecule has 0 saturated heterocycles. The molecule has 0 radical (unpaired) electrons. The Morgan fingerprint density at radius 2 is 2.43 bits per heavy atom. The van der Waals surface area contributed by atoms with E-state index in [1.54, 1.807) is 0 Å². The molecular weight excluding hydrogens is 176 g/mol. The van der Waals surface area contributed by atoms with E-state index in [4.69, 9.17) is 4.74 Å². The summed E-state index contributed by atoms with van der Waals surface area (Å²) in [6.45, 7) is 2.19. The van der Waals surface area contributed by atoms with E-state index < -0.39 is 0 Å². The van der Waals surface area contributed by atoms with Crippen LogP contribution in [0.15, 0.2) is 24.5 Å². The Morgan fingerprint density at radius 1 is 1.57 bits per heavy atom. The van der Waals surface area contributed by atoms with Crippen LogP contribution in [0.25, 0.3) is 0 Å². The minimum absolute atomic E-state index is 0.0332. The third-order valence-electron chi connectivity index (χ3n) is 2.23. The van der Waals surface area contributed by atoms with E-state index >= 15 is 0 Å². The zero-order valence-electron chi connectivity index (χ0n) is 8.74. The van der Waals surface area contributed by atoms with Crippen LogP contribution in [0.5, 0.6) is 0 Å². The van der Waals surface area contributed by atoms with Crippen LogP contribution in [-0.2, 0) is 9.53 Å². The van der Waals surface area contributed by atoms with Crippen molar-refractivity contribution in [1.82, 2.24) is 0 Å². The summed E-state index contributed by atoms with van der Waals surface area (Å²) in [7, 11) is 0. The van der Waals surface area contributed by atoms with E-state index in [1.165, 1.54) is 31.6 Å². The molecule has 0 fully saturated rings. The fraction of sp³-hybridized carbons (Fsp3) is 0.583. The highest BCUT2D eigenvalue weighted by atomic mass is 16.5. The highest BCUT2D eigenvalue weighted by Crippen LogP contribution is 2.09. The van der Waals surface area contributed by atoms with Crippen molar-refractivity contribution in [3.63, 3.8) is 0 Å². The van der Waals surface area contributed by atoms with Gasteiger partial charge in [-0.25, -0.2) is 0 Å². The summed E-state index contributed by atoms with van der Waals surface area (Å²) in [4.78, 5) is 11.0. The number of unbranched alkanes of at least 4 members (excludes halogenated alkanes) is 3. The van der Waals surface area contributed by atoms with Crippen molar-refractivity contribution >= 4 is 5.78 Å². The Labute approximate surface area is 85.6 Å². The SMILES string of the molecule is CCCCC/C=C\[C@@H]1CC(=O)C=CO1. The Balaban J connectivity index is 2.17. The first-order chi connectivity index (χ1) is 6.83. The lowest BCUT2D eigenvalue weighted by atomic mass is 10.1. The summed E-state index contributed by atoms with van der Waals surface area (Å²) in [6, 6.07) is 0. The molecule has 0 aromatic heterocycles. The van der Waals surface area contributed by atoms with Gasteiger partial charge in [-0.2, -0.15) is 0 Å². The van der Waals surface area contributed by atoms with Crippen LogP contribution in [0.4, 0.5) is 0 Å². The van der Waals surface area contributed by atoms with Gasteiger partial charge in [0.25, 0.3) is 0 Å². The Kier molecular flexibility index (Phi) is 5.05. The average molecular weight is 194 g/mol. The Morgan fingerprint density at radius 3 is 3.14 bits per heavy atom. The fourth-order valence-corrected chi connectivity index (χ4v) is 1.40. The number of ketones is 1. The van der Waals surface area contributed by atoms with Crippen LogP contribution in [0.1, 0.15) is 39.0 Å². The number of carbonyl (C=O) groups excluding carboxylic acids is 1. The third-order valence-corrected chi connectivity index (χ3v) is 2.23. The molecule has 0 unspecified atom stereocenters. The van der Waals surface area contributed by atoms with Crippen LogP contribution in [-0.4, -0.2) is 11.9 Å². The number of rotatable bonds is 5. The first-order valence-electron chi connectivity index (χ1n) is 5.34. The number of hydrogen-bond donors (Lipinski definition) is 0. The van der Waals surface area contributed by atoms with Crippen LogP contribution >= 0.6 is 0 Å². The van der Waals surface area contributed by atoms with E-state index in [0.717, 1.165) is 6.42 Å². The van der Waals surface area contributed by atoms with Crippen LogP contribution in [0, 0.1) is 0 Å². The lowest BCUT2D eigenvalue weighted by Crippen LogP contribution is -2.15. The zero-order valence-corrected chi connectivity index (χ0v) is 8.74. The summed E-state index contributed by atoms with van der Waals surface area (Å²) in [6.07, 6.45) is 12.4. The molecule has 14 heavy (non-hydrogen) atoms. The number of hydrogen-bond acceptors (Lipinski definition) is 2. The van der Waals surface area contributed by atoms with Crippen molar-refractivity contribution in [2.75, 3.05) is 0 Å². The molecule has 0 aliphatic carbocycles. The largest absolute Gasteiger partial charge is 0.493 e. The van der Waals surface area contributed by atoms with Crippen molar-refractivity contribution in [2.45, 2.75) is 45.1 Å². The predicted molar refractivity (Wildman–Crippen MR) is 56.9 cm³/mol. The number of carbonyl (C=O) groups is 1. The molecule has 78 valence electrons. The van der Waals surface area contributed by atoms with Gasteiger partial charge in [0.1, 0.15) is 6.10 Å². The normalized spacial score (nSPS) is 21.5. The van der Waals surface area contributed by atoms with Crippen molar-refractivity contribution in [2.24, 2.45) is 0 Å². The average Bonchev–Trinajstić information content (AvgIpc) is 2.18. The van der Waals surface area contributed by atoms with E-state index in [9.17, 15) is 4.79 Å². The molecule has 0 aromatic rings. The molecule has 0 aromatic carbocycles. The van der Waals surface area contributed by atoms with Gasteiger partial charge in [0.05, 0.1) is 12.7 Å². The number of ether oxygens (including phenoxy) is 1. The van der Waals surface area contributed by atoms with Gasteiger partial charge in [-0.05, 0) is 18.9 Å². The maximum Gasteiger partial charge on any atom is 0.162 e. The van der Waals surface area contributed by atoms with Crippen molar-refractivity contribution in [3.8, 4) is 0 Å². The second-order valence-corrected chi connectivity index (χ2v) is 3.57. The highest BCUT2D eigenvalue weighted by Gasteiger charge is 2.12.